The topological polar surface area (TPSA) is 175 Å². The standard InChI is InChI=1S/C71H120O12/c1-4-7-10-13-16-19-22-25-28-30-32-34-37-39-42-45-48-51-54-57-63(72)79-60-62(81-64(73)58-55-52-49-46-43-40-36-27-24-21-18-15-12-9-6-3)61-80-71-69(67(76)66(75)68(83-71)70(77)78)82-65(74)59-56-53-50-47-44-41-38-35-33-31-29-26-23-20-17-14-11-8-5-2/h7,9-10,12,16,18-19,21,25,27-28,32,34,36,62,66-69,71,75-76H,4-6,8,11,13-15,17,20,22-24,26,29-31,33,35,37-61H2,1-3H3,(H,77,78)/b10-7-,12-9-,19-16-,21-18-,28-25-,34-32-,36-27-. The van der Waals surface area contributed by atoms with Crippen LogP contribution in [-0.4, -0.2) is 89.2 Å². The predicted molar refractivity (Wildman–Crippen MR) is 340 cm³/mol. The summed E-state index contributed by atoms with van der Waals surface area (Å²) in [5.41, 5.74) is 0. The van der Waals surface area contributed by atoms with Crippen LogP contribution in [0.5, 0.6) is 0 Å². The summed E-state index contributed by atoms with van der Waals surface area (Å²) in [6.07, 6.45) is 64.0. The molecule has 0 aromatic carbocycles. The Kier molecular flexibility index (Phi) is 54.0. The molecular formula is C71H120O12. The molecule has 0 aromatic heterocycles. The van der Waals surface area contributed by atoms with Gasteiger partial charge in [-0.1, -0.05) is 266 Å². The smallest absolute Gasteiger partial charge is 0.335 e. The van der Waals surface area contributed by atoms with E-state index in [2.05, 4.69) is 106 Å². The minimum atomic E-state index is -1.91. The van der Waals surface area contributed by atoms with E-state index in [1.54, 1.807) is 0 Å². The second-order valence-corrected chi connectivity index (χ2v) is 22.7. The molecule has 1 saturated heterocycles. The molecule has 6 unspecified atom stereocenters. The molecule has 0 aliphatic carbocycles. The molecule has 0 aromatic rings. The number of hydrogen-bond acceptors (Lipinski definition) is 11. The Morgan fingerprint density at radius 1 is 0.410 bits per heavy atom. The average Bonchev–Trinajstić information content (AvgIpc) is 3.57. The molecule has 0 spiro atoms. The minimum Gasteiger partial charge on any atom is -0.479 e. The molecule has 3 N–H and O–H groups in total. The van der Waals surface area contributed by atoms with Crippen molar-refractivity contribution in [2.45, 2.75) is 327 Å². The first-order valence-electron chi connectivity index (χ1n) is 33.6. The molecule has 0 amide bonds. The van der Waals surface area contributed by atoms with Crippen LogP contribution in [-0.2, 0) is 42.9 Å². The molecule has 0 radical (unpaired) electrons. The molecule has 1 aliphatic heterocycles. The molecule has 476 valence electrons. The highest BCUT2D eigenvalue weighted by atomic mass is 16.7. The second-order valence-electron chi connectivity index (χ2n) is 22.7. The van der Waals surface area contributed by atoms with Gasteiger partial charge in [-0.3, -0.25) is 14.4 Å². The zero-order valence-corrected chi connectivity index (χ0v) is 52.7. The third-order valence-corrected chi connectivity index (χ3v) is 15.0. The number of carbonyl (C=O) groups excluding carboxylic acids is 3. The van der Waals surface area contributed by atoms with E-state index < -0.39 is 67.3 Å². The summed E-state index contributed by atoms with van der Waals surface area (Å²) in [7, 11) is 0. The van der Waals surface area contributed by atoms with Crippen LogP contribution in [0, 0.1) is 0 Å². The zero-order chi connectivity index (χ0) is 60.3. The molecule has 6 atom stereocenters. The van der Waals surface area contributed by atoms with Crippen LogP contribution >= 0.6 is 0 Å². The van der Waals surface area contributed by atoms with Gasteiger partial charge in [0.15, 0.2) is 24.6 Å². The van der Waals surface area contributed by atoms with Crippen molar-refractivity contribution in [2.24, 2.45) is 0 Å². The van der Waals surface area contributed by atoms with E-state index in [-0.39, 0.29) is 25.9 Å². The van der Waals surface area contributed by atoms with Gasteiger partial charge in [0.05, 0.1) is 6.61 Å². The fraction of sp³-hybridized carbons (Fsp3) is 0.746. The summed E-state index contributed by atoms with van der Waals surface area (Å²) in [6.45, 7) is 5.78. The Morgan fingerprint density at radius 2 is 0.759 bits per heavy atom. The number of unbranched alkanes of at least 4 members (excludes halogenated alkanes) is 29. The molecule has 12 heteroatoms. The van der Waals surface area contributed by atoms with E-state index >= 15 is 0 Å². The predicted octanol–water partition coefficient (Wildman–Crippen LogP) is 18.2. The van der Waals surface area contributed by atoms with Gasteiger partial charge in [-0.05, 0) is 89.9 Å². The maximum absolute atomic E-state index is 13.2. The van der Waals surface area contributed by atoms with Gasteiger partial charge in [0.2, 0.25) is 0 Å². The van der Waals surface area contributed by atoms with E-state index in [4.69, 9.17) is 23.7 Å². The number of carboxylic acids is 1. The molecule has 83 heavy (non-hydrogen) atoms. The number of rotatable bonds is 57. The third-order valence-electron chi connectivity index (χ3n) is 15.0. The van der Waals surface area contributed by atoms with E-state index in [9.17, 15) is 34.5 Å². The van der Waals surface area contributed by atoms with Gasteiger partial charge < -0.3 is 39.0 Å². The molecule has 0 bridgehead atoms. The van der Waals surface area contributed by atoms with Gasteiger partial charge in [0.1, 0.15) is 18.8 Å². The highest BCUT2D eigenvalue weighted by Crippen LogP contribution is 2.27. The fourth-order valence-corrected chi connectivity index (χ4v) is 9.90. The molecular weight excluding hydrogens is 1040 g/mol. The Morgan fingerprint density at radius 3 is 1.16 bits per heavy atom. The Balaban J connectivity index is 2.65. The summed E-state index contributed by atoms with van der Waals surface area (Å²) < 4.78 is 28.6. The Bertz CT molecular complexity index is 1760. The first-order chi connectivity index (χ1) is 40.6. The number of hydrogen-bond donors (Lipinski definition) is 3. The van der Waals surface area contributed by atoms with Crippen LogP contribution in [0.2, 0.25) is 0 Å². The highest BCUT2D eigenvalue weighted by molar-refractivity contribution is 5.74. The van der Waals surface area contributed by atoms with Gasteiger partial charge in [0, 0.05) is 19.3 Å². The number of aliphatic hydroxyl groups excluding tert-OH is 2. The Hall–Kier alpha value is -4.10. The lowest BCUT2D eigenvalue weighted by Crippen LogP contribution is -2.61. The molecule has 1 aliphatic rings. The van der Waals surface area contributed by atoms with Gasteiger partial charge in [-0.2, -0.15) is 0 Å². The summed E-state index contributed by atoms with van der Waals surface area (Å²) >= 11 is 0. The number of ether oxygens (including phenoxy) is 5. The van der Waals surface area contributed by atoms with Gasteiger partial charge in [0.25, 0.3) is 0 Å². The van der Waals surface area contributed by atoms with Gasteiger partial charge in [-0.25, -0.2) is 4.79 Å². The molecule has 1 fully saturated rings. The van der Waals surface area contributed by atoms with E-state index in [1.165, 1.54) is 89.9 Å². The third kappa shape index (κ3) is 47.8. The average molecular weight is 1170 g/mol. The van der Waals surface area contributed by atoms with Crippen LogP contribution < -0.4 is 0 Å². The van der Waals surface area contributed by atoms with E-state index in [0.717, 1.165) is 141 Å². The second kappa shape index (κ2) is 58.3. The van der Waals surface area contributed by atoms with Crippen molar-refractivity contribution in [3.8, 4) is 0 Å². The molecule has 0 saturated carbocycles. The minimum absolute atomic E-state index is 0.0581. The fourth-order valence-electron chi connectivity index (χ4n) is 9.90. The lowest BCUT2D eigenvalue weighted by molar-refractivity contribution is -0.301. The number of aliphatic carboxylic acids is 1. The normalized spacial score (nSPS) is 18.1. The maximum atomic E-state index is 13.2. The van der Waals surface area contributed by atoms with Crippen LogP contribution in [0.3, 0.4) is 0 Å². The van der Waals surface area contributed by atoms with Gasteiger partial charge in [-0.15, -0.1) is 0 Å². The quantitative estimate of drug-likeness (QED) is 0.0228. The zero-order valence-electron chi connectivity index (χ0n) is 52.7. The first kappa shape index (κ1) is 76.9. The number of carbonyl (C=O) groups is 4. The van der Waals surface area contributed by atoms with Crippen molar-refractivity contribution < 1.29 is 58.2 Å². The van der Waals surface area contributed by atoms with Crippen molar-refractivity contribution in [3.05, 3.63) is 85.1 Å². The molecule has 12 nitrogen and oxygen atoms in total. The van der Waals surface area contributed by atoms with Crippen LogP contribution in [0.15, 0.2) is 85.1 Å². The summed E-state index contributed by atoms with van der Waals surface area (Å²) in [4.78, 5) is 51.4. The lowest BCUT2D eigenvalue weighted by Gasteiger charge is -2.40. The largest absolute Gasteiger partial charge is 0.479 e. The van der Waals surface area contributed by atoms with Crippen LogP contribution in [0.1, 0.15) is 290 Å². The van der Waals surface area contributed by atoms with Crippen LogP contribution in [0.25, 0.3) is 0 Å². The molecule has 1 heterocycles. The number of aliphatic hydroxyl groups is 2. The number of carboxylic acid groups (broad SMARTS) is 1. The SMILES string of the molecule is CC/C=C\C/C=C\C/C=C\C/C=C\CCCCCCCCC(=O)OCC(COC1OC(C(=O)O)C(O)C(O)C1OC(=O)CCCCCCCCCCCCCCCCCCCCC)OC(=O)CCCCCCC/C=C\C/C=C\C/C=C\CC. The Labute approximate surface area is 505 Å². The monoisotopic (exact) mass is 1160 g/mol. The van der Waals surface area contributed by atoms with Crippen molar-refractivity contribution in [1.82, 2.24) is 0 Å². The van der Waals surface area contributed by atoms with Crippen molar-refractivity contribution >= 4 is 23.9 Å². The van der Waals surface area contributed by atoms with E-state index in [1.807, 2.05) is 0 Å². The van der Waals surface area contributed by atoms with Crippen molar-refractivity contribution in [1.29, 1.82) is 0 Å². The number of esters is 3. The number of allylic oxidation sites excluding steroid dienone is 14. The van der Waals surface area contributed by atoms with E-state index in [0.29, 0.717) is 19.3 Å². The van der Waals surface area contributed by atoms with Crippen molar-refractivity contribution in [3.63, 3.8) is 0 Å². The van der Waals surface area contributed by atoms with Gasteiger partial charge >= 0.3 is 23.9 Å². The first-order valence-corrected chi connectivity index (χ1v) is 33.6. The summed E-state index contributed by atoms with van der Waals surface area (Å²) in [6, 6.07) is 0. The molecule has 1 rings (SSSR count). The van der Waals surface area contributed by atoms with Crippen LogP contribution in [0.4, 0.5) is 0 Å². The lowest BCUT2D eigenvalue weighted by atomic mass is 9.98. The van der Waals surface area contributed by atoms with Crippen molar-refractivity contribution in [2.75, 3.05) is 13.2 Å². The summed E-state index contributed by atoms with van der Waals surface area (Å²) in [5.74, 6) is -3.15. The highest BCUT2D eigenvalue weighted by Gasteiger charge is 2.50. The maximum Gasteiger partial charge on any atom is 0.335 e. The summed E-state index contributed by atoms with van der Waals surface area (Å²) in [5, 5.41) is 31.6.